The largest absolute Gasteiger partial charge is 0.411 e. The Kier molecular flexibility index (Phi) is 1.71. The molecule has 0 aliphatic heterocycles. The molecule has 1 N–H and O–H groups in total. The van der Waals surface area contributed by atoms with Gasteiger partial charge in [0.1, 0.15) is 5.69 Å². The summed E-state index contributed by atoms with van der Waals surface area (Å²) in [6.45, 7) is 1.91. The first-order chi connectivity index (χ1) is 4.74. The van der Waals surface area contributed by atoms with E-state index in [1.54, 1.807) is 4.68 Å². The van der Waals surface area contributed by atoms with Crippen molar-refractivity contribution in [3.8, 4) is 0 Å². The molecule has 54 valence electrons. The molecular formula is C6H9N3O. The summed E-state index contributed by atoms with van der Waals surface area (Å²) in [6.07, 6.45) is 3.17. The van der Waals surface area contributed by atoms with E-state index in [2.05, 4.69) is 10.3 Å². The number of oxime groups is 1. The minimum Gasteiger partial charge on any atom is -0.411 e. The summed E-state index contributed by atoms with van der Waals surface area (Å²) in [7, 11) is 1.82. The van der Waals surface area contributed by atoms with Gasteiger partial charge in [-0.05, 0) is 12.5 Å². The Morgan fingerprint density at radius 1 is 1.80 bits per heavy atom. The highest BCUT2D eigenvalue weighted by atomic mass is 16.4. The quantitative estimate of drug-likeness (QED) is 0.350. The van der Waals surface area contributed by atoms with Crippen LogP contribution in [0.5, 0.6) is 0 Å². The van der Waals surface area contributed by atoms with Crippen molar-refractivity contribution in [2.45, 2.75) is 6.92 Å². The van der Waals surface area contributed by atoms with Crippen LogP contribution in [0, 0.1) is 6.92 Å². The van der Waals surface area contributed by atoms with Gasteiger partial charge in [0, 0.05) is 13.2 Å². The van der Waals surface area contributed by atoms with Gasteiger partial charge < -0.3 is 5.21 Å². The molecule has 1 rings (SSSR count). The van der Waals surface area contributed by atoms with E-state index in [-0.39, 0.29) is 0 Å². The lowest BCUT2D eigenvalue weighted by molar-refractivity contribution is 0.321. The summed E-state index contributed by atoms with van der Waals surface area (Å²) in [5.74, 6) is 0. The predicted molar refractivity (Wildman–Crippen MR) is 37.3 cm³/mol. The maximum absolute atomic E-state index is 8.17. The van der Waals surface area contributed by atoms with Gasteiger partial charge in [-0.25, -0.2) is 0 Å². The van der Waals surface area contributed by atoms with Gasteiger partial charge >= 0.3 is 0 Å². The summed E-state index contributed by atoms with van der Waals surface area (Å²) in [4.78, 5) is 0. The second kappa shape index (κ2) is 2.51. The van der Waals surface area contributed by atoms with Crippen molar-refractivity contribution in [1.29, 1.82) is 0 Å². The highest BCUT2D eigenvalue weighted by Crippen LogP contribution is 1.99. The molecule has 0 aromatic carbocycles. The van der Waals surface area contributed by atoms with Crippen molar-refractivity contribution < 1.29 is 5.21 Å². The van der Waals surface area contributed by atoms with Crippen LogP contribution in [0.15, 0.2) is 11.4 Å². The molecule has 0 saturated carbocycles. The molecule has 0 aliphatic carbocycles. The Morgan fingerprint density at radius 2 is 2.50 bits per heavy atom. The van der Waals surface area contributed by atoms with Crippen LogP contribution in [-0.2, 0) is 7.05 Å². The third-order valence-corrected chi connectivity index (χ3v) is 1.23. The van der Waals surface area contributed by atoms with Crippen LogP contribution in [0.2, 0.25) is 0 Å². The minimum atomic E-state index is 0.699. The third-order valence-electron chi connectivity index (χ3n) is 1.23. The maximum atomic E-state index is 8.17. The molecule has 1 aromatic heterocycles. The summed E-state index contributed by atoms with van der Waals surface area (Å²) >= 11 is 0. The normalized spacial score (nSPS) is 11.0. The number of aryl methyl sites for hydroxylation is 2. The standard InChI is InChI=1S/C6H9N3O/c1-5-4-9(2)8-6(5)3-7-10/h3-4,10H,1-2H3. The Balaban J connectivity index is 3.03. The van der Waals surface area contributed by atoms with E-state index >= 15 is 0 Å². The second-order valence-corrected chi connectivity index (χ2v) is 2.12. The first-order valence-electron chi connectivity index (χ1n) is 2.91. The molecule has 0 radical (unpaired) electrons. The van der Waals surface area contributed by atoms with E-state index in [0.717, 1.165) is 5.56 Å². The summed E-state index contributed by atoms with van der Waals surface area (Å²) in [5.41, 5.74) is 1.70. The molecule has 0 spiro atoms. The zero-order valence-corrected chi connectivity index (χ0v) is 5.94. The van der Waals surface area contributed by atoms with E-state index in [4.69, 9.17) is 5.21 Å². The first-order valence-corrected chi connectivity index (χ1v) is 2.91. The molecule has 1 aromatic rings. The summed E-state index contributed by atoms with van der Waals surface area (Å²) in [5, 5.41) is 15.1. The lowest BCUT2D eigenvalue weighted by Crippen LogP contribution is -1.89. The molecule has 0 fully saturated rings. The van der Waals surface area contributed by atoms with Crippen molar-refractivity contribution in [1.82, 2.24) is 9.78 Å². The van der Waals surface area contributed by atoms with Crippen LogP contribution in [0.3, 0.4) is 0 Å². The molecule has 0 aliphatic rings. The van der Waals surface area contributed by atoms with Crippen molar-refractivity contribution in [2.24, 2.45) is 12.2 Å². The highest BCUT2D eigenvalue weighted by Gasteiger charge is 1.97. The molecule has 0 saturated heterocycles. The number of hydrogen-bond acceptors (Lipinski definition) is 3. The van der Waals surface area contributed by atoms with E-state index in [0.29, 0.717) is 5.69 Å². The number of nitrogens with zero attached hydrogens (tertiary/aromatic N) is 3. The highest BCUT2D eigenvalue weighted by molar-refractivity contribution is 5.78. The number of hydrogen-bond donors (Lipinski definition) is 1. The molecule has 0 bridgehead atoms. The van der Waals surface area contributed by atoms with Crippen LogP contribution in [-0.4, -0.2) is 21.2 Å². The van der Waals surface area contributed by atoms with Gasteiger partial charge in [-0.1, -0.05) is 5.16 Å². The zero-order valence-electron chi connectivity index (χ0n) is 5.94. The fraction of sp³-hybridized carbons (Fsp3) is 0.333. The molecule has 4 heteroatoms. The monoisotopic (exact) mass is 139 g/mol. The summed E-state index contributed by atoms with van der Waals surface area (Å²) in [6, 6.07) is 0. The number of aromatic nitrogens is 2. The second-order valence-electron chi connectivity index (χ2n) is 2.12. The van der Waals surface area contributed by atoms with E-state index in [1.165, 1.54) is 6.21 Å². The van der Waals surface area contributed by atoms with E-state index in [1.807, 2.05) is 20.2 Å². The van der Waals surface area contributed by atoms with Gasteiger partial charge in [0.25, 0.3) is 0 Å². The lowest BCUT2D eigenvalue weighted by atomic mass is 10.3. The lowest BCUT2D eigenvalue weighted by Gasteiger charge is -1.81. The Labute approximate surface area is 58.8 Å². The molecule has 4 nitrogen and oxygen atoms in total. The SMILES string of the molecule is Cc1cn(C)nc1C=NO. The Hall–Kier alpha value is -1.32. The molecule has 0 unspecified atom stereocenters. The van der Waals surface area contributed by atoms with Gasteiger partial charge in [0.15, 0.2) is 0 Å². The molecule has 10 heavy (non-hydrogen) atoms. The van der Waals surface area contributed by atoms with Gasteiger partial charge in [-0.15, -0.1) is 0 Å². The fourth-order valence-electron chi connectivity index (χ4n) is 0.806. The third kappa shape index (κ3) is 1.15. The molecular weight excluding hydrogens is 130 g/mol. The topological polar surface area (TPSA) is 50.4 Å². The van der Waals surface area contributed by atoms with Gasteiger partial charge in [0.2, 0.25) is 0 Å². The maximum Gasteiger partial charge on any atom is 0.110 e. The van der Waals surface area contributed by atoms with Crippen molar-refractivity contribution in [3.63, 3.8) is 0 Å². The Bertz CT molecular complexity index is 251. The number of rotatable bonds is 1. The van der Waals surface area contributed by atoms with Crippen molar-refractivity contribution >= 4 is 6.21 Å². The van der Waals surface area contributed by atoms with Crippen molar-refractivity contribution in [3.05, 3.63) is 17.5 Å². The van der Waals surface area contributed by atoms with Gasteiger partial charge in [0.05, 0.1) is 6.21 Å². The van der Waals surface area contributed by atoms with E-state index in [9.17, 15) is 0 Å². The van der Waals surface area contributed by atoms with Crippen LogP contribution in [0.1, 0.15) is 11.3 Å². The fourth-order valence-corrected chi connectivity index (χ4v) is 0.806. The van der Waals surface area contributed by atoms with Crippen LogP contribution < -0.4 is 0 Å². The van der Waals surface area contributed by atoms with Gasteiger partial charge in [-0.3, -0.25) is 4.68 Å². The molecule has 0 amide bonds. The zero-order chi connectivity index (χ0) is 7.56. The summed E-state index contributed by atoms with van der Waals surface area (Å²) < 4.78 is 1.67. The molecule has 1 heterocycles. The van der Waals surface area contributed by atoms with Gasteiger partial charge in [-0.2, -0.15) is 5.10 Å². The van der Waals surface area contributed by atoms with Crippen molar-refractivity contribution in [2.75, 3.05) is 0 Å². The predicted octanol–water partition coefficient (Wildman–Crippen LogP) is 0.537. The van der Waals surface area contributed by atoms with Crippen LogP contribution in [0.25, 0.3) is 0 Å². The molecule has 0 atom stereocenters. The first kappa shape index (κ1) is 6.80. The van der Waals surface area contributed by atoms with E-state index < -0.39 is 0 Å². The average molecular weight is 139 g/mol. The minimum absolute atomic E-state index is 0.699. The Morgan fingerprint density at radius 3 is 2.90 bits per heavy atom. The average Bonchev–Trinajstić information content (AvgIpc) is 2.13. The van der Waals surface area contributed by atoms with Crippen LogP contribution >= 0.6 is 0 Å². The van der Waals surface area contributed by atoms with Crippen LogP contribution in [0.4, 0.5) is 0 Å². The smallest absolute Gasteiger partial charge is 0.110 e.